The van der Waals surface area contributed by atoms with Crippen LogP contribution in [-0.2, 0) is 0 Å². The van der Waals surface area contributed by atoms with Gasteiger partial charge in [0, 0.05) is 16.7 Å². The minimum atomic E-state index is 0.00667. The van der Waals surface area contributed by atoms with Gasteiger partial charge in [-0.05, 0) is 25.3 Å². The highest BCUT2D eigenvalue weighted by Gasteiger charge is 2.15. The van der Waals surface area contributed by atoms with Crippen molar-refractivity contribution in [2.75, 3.05) is 6.26 Å². The summed E-state index contributed by atoms with van der Waals surface area (Å²) in [5, 5.41) is 18.7. The Morgan fingerprint density at radius 1 is 1.53 bits per heavy atom. The third-order valence-corrected chi connectivity index (χ3v) is 3.25. The summed E-state index contributed by atoms with van der Waals surface area (Å²) in [6.07, 6.45) is 1.91. The molecule has 6 nitrogen and oxygen atoms in total. The second-order valence-electron chi connectivity index (χ2n) is 3.81. The molecule has 0 fully saturated rings. The summed E-state index contributed by atoms with van der Waals surface area (Å²) < 4.78 is 5.67. The van der Waals surface area contributed by atoms with Gasteiger partial charge in [0.05, 0.1) is 5.56 Å². The summed E-state index contributed by atoms with van der Waals surface area (Å²) in [6, 6.07) is 7.23. The zero-order valence-electron chi connectivity index (χ0n) is 10.5. The topological polar surface area (TPSA) is 96.5 Å². The normalized spacial score (nSPS) is 11.6. The lowest BCUT2D eigenvalue weighted by Gasteiger charge is -2.11. The predicted molar refractivity (Wildman–Crippen MR) is 74.1 cm³/mol. The van der Waals surface area contributed by atoms with Crippen LogP contribution >= 0.6 is 11.8 Å². The molecule has 0 radical (unpaired) electrons. The largest absolute Gasteiger partial charge is 0.437 e. The fraction of sp³-hybridized carbons (Fsp3) is 0.167. The number of amidine groups is 1. The Kier molecular flexibility index (Phi) is 3.96. The van der Waals surface area contributed by atoms with Crippen LogP contribution in [0.5, 0.6) is 11.6 Å². The van der Waals surface area contributed by atoms with Crippen molar-refractivity contribution in [3.05, 3.63) is 35.5 Å². The Balaban J connectivity index is 2.44. The van der Waals surface area contributed by atoms with Gasteiger partial charge in [-0.15, -0.1) is 16.9 Å². The van der Waals surface area contributed by atoms with Gasteiger partial charge in [-0.2, -0.15) is 0 Å². The van der Waals surface area contributed by atoms with E-state index < -0.39 is 0 Å². The Hall–Kier alpha value is -2.15. The van der Waals surface area contributed by atoms with E-state index in [2.05, 4.69) is 15.4 Å². The summed E-state index contributed by atoms with van der Waals surface area (Å²) in [5.41, 5.74) is 7.15. The van der Waals surface area contributed by atoms with Crippen molar-refractivity contribution in [3.8, 4) is 11.6 Å². The van der Waals surface area contributed by atoms with E-state index >= 15 is 0 Å². The molecule has 0 bridgehead atoms. The number of nitrogens with zero attached hydrogens (tertiary/aromatic N) is 2. The molecule has 2 aromatic rings. The van der Waals surface area contributed by atoms with Crippen LogP contribution in [0.2, 0.25) is 0 Å². The van der Waals surface area contributed by atoms with Gasteiger partial charge in [-0.25, -0.2) is 0 Å². The van der Waals surface area contributed by atoms with Crippen molar-refractivity contribution in [2.24, 2.45) is 10.9 Å². The number of aromatic amines is 1. The molecule has 0 atom stereocenters. The third-order valence-electron chi connectivity index (χ3n) is 2.47. The van der Waals surface area contributed by atoms with Gasteiger partial charge in [0.1, 0.15) is 5.75 Å². The lowest BCUT2D eigenvalue weighted by molar-refractivity contribution is 0.318. The molecule has 0 unspecified atom stereocenters. The molecular formula is C12H14N4O2S. The summed E-state index contributed by atoms with van der Waals surface area (Å²) >= 11 is 1.49. The number of hydrogen-bond acceptors (Lipinski definition) is 5. The number of H-pyrrole nitrogens is 1. The van der Waals surface area contributed by atoms with Crippen LogP contribution in [0.3, 0.4) is 0 Å². The number of nitrogens with one attached hydrogen (secondary N) is 1. The molecule has 1 aromatic carbocycles. The average molecular weight is 278 g/mol. The first kappa shape index (κ1) is 13.3. The Morgan fingerprint density at radius 3 is 2.89 bits per heavy atom. The van der Waals surface area contributed by atoms with Crippen molar-refractivity contribution in [2.45, 2.75) is 11.8 Å². The van der Waals surface area contributed by atoms with Crippen LogP contribution in [0.25, 0.3) is 0 Å². The molecule has 0 amide bonds. The van der Waals surface area contributed by atoms with E-state index in [1.807, 2.05) is 25.3 Å². The molecule has 1 aromatic heterocycles. The van der Waals surface area contributed by atoms with Crippen molar-refractivity contribution >= 4 is 17.6 Å². The SMILES string of the molecule is CSc1cccc(Oc2cc(C)[nH]n2)c1/C(N)=N/O. The molecule has 4 N–H and O–H groups in total. The van der Waals surface area contributed by atoms with Gasteiger partial charge >= 0.3 is 0 Å². The monoisotopic (exact) mass is 278 g/mol. The molecule has 0 aliphatic heterocycles. The van der Waals surface area contributed by atoms with E-state index in [0.29, 0.717) is 17.2 Å². The lowest BCUT2D eigenvalue weighted by atomic mass is 10.2. The van der Waals surface area contributed by atoms with Gasteiger partial charge in [0.15, 0.2) is 5.84 Å². The number of nitrogens with two attached hydrogens (primary N) is 1. The molecule has 0 spiro atoms. The van der Waals surface area contributed by atoms with Crippen molar-refractivity contribution in [3.63, 3.8) is 0 Å². The molecule has 0 aliphatic carbocycles. The summed E-state index contributed by atoms with van der Waals surface area (Å²) in [4.78, 5) is 0.861. The maximum absolute atomic E-state index is 8.88. The maximum atomic E-state index is 8.88. The number of ether oxygens (including phenoxy) is 1. The molecule has 0 aliphatic rings. The Morgan fingerprint density at radius 2 is 2.32 bits per heavy atom. The van der Waals surface area contributed by atoms with Gasteiger partial charge < -0.3 is 15.7 Å². The standard InChI is InChI=1S/C12H14N4O2S/c1-7-6-10(15-14-7)18-8-4-3-5-9(19-2)11(8)12(13)16-17/h3-6,17H,1-2H3,(H2,13,16)(H,14,15). The smallest absolute Gasteiger partial charge is 0.238 e. The number of aromatic nitrogens is 2. The first-order valence-corrected chi connectivity index (χ1v) is 6.73. The first-order chi connectivity index (χ1) is 9.15. The van der Waals surface area contributed by atoms with E-state index in [-0.39, 0.29) is 5.84 Å². The van der Waals surface area contributed by atoms with Crippen LogP contribution in [0.15, 0.2) is 34.3 Å². The second kappa shape index (κ2) is 5.66. The highest BCUT2D eigenvalue weighted by atomic mass is 32.2. The van der Waals surface area contributed by atoms with E-state index in [1.165, 1.54) is 11.8 Å². The van der Waals surface area contributed by atoms with Crippen LogP contribution in [0.4, 0.5) is 0 Å². The number of aryl methyl sites for hydroxylation is 1. The fourth-order valence-electron chi connectivity index (χ4n) is 1.63. The zero-order chi connectivity index (χ0) is 13.8. The van der Waals surface area contributed by atoms with Crippen molar-refractivity contribution < 1.29 is 9.94 Å². The molecule has 2 rings (SSSR count). The quantitative estimate of drug-likeness (QED) is 0.262. The Labute approximate surface area is 114 Å². The lowest BCUT2D eigenvalue weighted by Crippen LogP contribution is -2.15. The minimum absolute atomic E-state index is 0.00667. The van der Waals surface area contributed by atoms with Crippen LogP contribution in [0, 0.1) is 6.92 Å². The molecule has 19 heavy (non-hydrogen) atoms. The molecular weight excluding hydrogens is 264 g/mol. The van der Waals surface area contributed by atoms with Gasteiger partial charge in [0.25, 0.3) is 0 Å². The van der Waals surface area contributed by atoms with Gasteiger partial charge in [-0.1, -0.05) is 11.2 Å². The molecule has 7 heteroatoms. The third kappa shape index (κ3) is 2.82. The van der Waals surface area contributed by atoms with Crippen molar-refractivity contribution in [1.82, 2.24) is 10.2 Å². The van der Waals surface area contributed by atoms with E-state index in [4.69, 9.17) is 15.7 Å². The second-order valence-corrected chi connectivity index (χ2v) is 4.66. The number of oxime groups is 1. The first-order valence-electron chi connectivity index (χ1n) is 5.50. The molecule has 0 saturated heterocycles. The van der Waals surface area contributed by atoms with Crippen LogP contribution in [-0.4, -0.2) is 27.5 Å². The number of hydrogen-bond donors (Lipinski definition) is 3. The Bertz CT molecular complexity index is 610. The fourth-order valence-corrected chi connectivity index (χ4v) is 2.25. The average Bonchev–Trinajstić information content (AvgIpc) is 2.83. The van der Waals surface area contributed by atoms with Crippen LogP contribution < -0.4 is 10.5 Å². The zero-order valence-corrected chi connectivity index (χ0v) is 11.4. The summed E-state index contributed by atoms with van der Waals surface area (Å²) in [7, 11) is 0. The number of benzene rings is 1. The maximum Gasteiger partial charge on any atom is 0.238 e. The highest BCUT2D eigenvalue weighted by Crippen LogP contribution is 2.31. The van der Waals surface area contributed by atoms with E-state index in [1.54, 1.807) is 12.1 Å². The molecule has 0 saturated carbocycles. The van der Waals surface area contributed by atoms with E-state index in [0.717, 1.165) is 10.6 Å². The minimum Gasteiger partial charge on any atom is -0.437 e. The molecule has 100 valence electrons. The van der Waals surface area contributed by atoms with E-state index in [9.17, 15) is 0 Å². The predicted octanol–water partition coefficient (Wildman–Crippen LogP) is 2.33. The summed E-state index contributed by atoms with van der Waals surface area (Å²) in [5.74, 6) is 0.934. The number of rotatable bonds is 4. The summed E-state index contributed by atoms with van der Waals surface area (Å²) in [6.45, 7) is 1.88. The van der Waals surface area contributed by atoms with Gasteiger partial charge in [-0.3, -0.25) is 5.10 Å². The highest BCUT2D eigenvalue weighted by molar-refractivity contribution is 7.98. The van der Waals surface area contributed by atoms with Crippen LogP contribution in [0.1, 0.15) is 11.3 Å². The number of thioether (sulfide) groups is 1. The van der Waals surface area contributed by atoms with Gasteiger partial charge in [0.2, 0.25) is 5.88 Å². The molecule has 1 heterocycles. The van der Waals surface area contributed by atoms with Crippen molar-refractivity contribution in [1.29, 1.82) is 0 Å².